The second kappa shape index (κ2) is 9.69. The molecule has 0 bridgehead atoms. The van der Waals surface area contributed by atoms with Crippen LogP contribution in [0.3, 0.4) is 0 Å². The largest absolute Gasteiger partial charge is 0.372 e. The number of nitrogens with two attached hydrogens (primary N) is 1. The van der Waals surface area contributed by atoms with Crippen molar-refractivity contribution < 1.29 is 13.9 Å². The third kappa shape index (κ3) is 5.79. The van der Waals surface area contributed by atoms with Gasteiger partial charge in [0.05, 0.1) is 25.2 Å². The number of halogens is 1. The number of piperidine rings is 1. The van der Waals surface area contributed by atoms with Crippen LogP contribution < -0.4 is 11.3 Å². The van der Waals surface area contributed by atoms with E-state index >= 15 is 0 Å². The molecule has 0 saturated carbocycles. The van der Waals surface area contributed by atoms with E-state index in [4.69, 9.17) is 10.6 Å². The Hall–Kier alpha value is -1.40. The Labute approximate surface area is 163 Å². The Kier molecular flexibility index (Phi) is 7.86. The fourth-order valence-electron chi connectivity index (χ4n) is 3.94. The predicted octanol–water partition coefficient (Wildman–Crippen LogP) is 3.61. The highest BCUT2D eigenvalue weighted by atomic mass is 19.1. The number of nitrogens with one attached hydrogen (secondary N) is 1. The summed E-state index contributed by atoms with van der Waals surface area (Å²) < 4.78 is 20.9. The minimum Gasteiger partial charge on any atom is -0.372 e. The van der Waals surface area contributed by atoms with Crippen LogP contribution in [0.15, 0.2) is 23.4 Å². The monoisotopic (exact) mass is 381 g/mol. The molecule has 0 spiro atoms. The summed E-state index contributed by atoms with van der Waals surface area (Å²) in [5, 5.41) is 0. The number of hydrogen-bond donors (Lipinski definition) is 2. The van der Waals surface area contributed by atoms with Crippen molar-refractivity contribution in [1.82, 2.24) is 10.3 Å². The maximum atomic E-state index is 14.9. The van der Waals surface area contributed by atoms with E-state index in [0.29, 0.717) is 13.0 Å². The lowest BCUT2D eigenvalue weighted by Crippen LogP contribution is -2.58. The Morgan fingerprint density at radius 2 is 2.22 bits per heavy atom. The maximum absolute atomic E-state index is 14.9. The first-order valence-electron chi connectivity index (χ1n) is 10.2. The first-order valence-corrected chi connectivity index (χ1v) is 10.2. The Morgan fingerprint density at radius 3 is 2.85 bits per heavy atom. The number of allylic oxidation sites excluding steroid dienone is 3. The topological polar surface area (TPSA) is 67.6 Å². The average Bonchev–Trinajstić information content (AvgIpc) is 2.60. The number of hydrazine groups is 1. The molecule has 1 amide bonds. The highest BCUT2D eigenvalue weighted by molar-refractivity contribution is 5.79. The van der Waals surface area contributed by atoms with E-state index in [0.717, 1.165) is 37.0 Å². The van der Waals surface area contributed by atoms with Gasteiger partial charge in [0.15, 0.2) is 0 Å². The first kappa shape index (κ1) is 21.9. The SMILES string of the molecule is CCC(C)O[C@@H]1[C@H](F)CN(C(=O)C/C2=C(/NN)CCC/C=C\C2)CC1(C)C. The van der Waals surface area contributed by atoms with Crippen molar-refractivity contribution >= 4 is 5.91 Å². The quantitative estimate of drug-likeness (QED) is 0.419. The van der Waals surface area contributed by atoms with Crippen LogP contribution in [0.4, 0.5) is 4.39 Å². The second-order valence-electron chi connectivity index (χ2n) is 8.53. The van der Waals surface area contributed by atoms with Crippen molar-refractivity contribution in [3.8, 4) is 0 Å². The van der Waals surface area contributed by atoms with Gasteiger partial charge in [-0.2, -0.15) is 0 Å². The highest BCUT2D eigenvalue weighted by Gasteiger charge is 2.45. The minimum absolute atomic E-state index is 0.0137. The lowest BCUT2D eigenvalue weighted by molar-refractivity contribution is -0.158. The van der Waals surface area contributed by atoms with Crippen molar-refractivity contribution in [2.45, 2.75) is 84.6 Å². The van der Waals surface area contributed by atoms with E-state index in [2.05, 4.69) is 17.6 Å². The van der Waals surface area contributed by atoms with E-state index < -0.39 is 17.7 Å². The standard InChI is InChI=1S/C21H36FN3O2/c1-5-15(2)27-20-17(22)13-25(14-21(20,3)4)19(26)12-16-10-8-6-7-9-11-18(16)24-23/h6,8,15,17,20,24H,5,7,9-14,23H2,1-4H3/b8-6-,18-16+/t15?,17-,20-/m1/s1. The van der Waals surface area contributed by atoms with Crippen LogP contribution in [-0.2, 0) is 9.53 Å². The molecule has 154 valence electrons. The molecule has 3 N–H and O–H groups in total. The van der Waals surface area contributed by atoms with Gasteiger partial charge < -0.3 is 15.1 Å². The zero-order valence-corrected chi connectivity index (χ0v) is 17.3. The Balaban J connectivity index is 2.08. The number of rotatable bonds is 6. The summed E-state index contributed by atoms with van der Waals surface area (Å²) >= 11 is 0. The molecule has 1 heterocycles. The molecule has 2 aliphatic rings. The number of carbonyl (C=O) groups is 1. The fraction of sp³-hybridized carbons (Fsp3) is 0.762. The molecule has 5 nitrogen and oxygen atoms in total. The molecule has 27 heavy (non-hydrogen) atoms. The van der Waals surface area contributed by atoms with Gasteiger partial charge in [0, 0.05) is 17.7 Å². The van der Waals surface area contributed by atoms with E-state index in [-0.39, 0.29) is 25.0 Å². The lowest BCUT2D eigenvalue weighted by Gasteiger charge is -2.46. The van der Waals surface area contributed by atoms with Gasteiger partial charge in [-0.1, -0.05) is 32.9 Å². The van der Waals surface area contributed by atoms with E-state index in [9.17, 15) is 9.18 Å². The predicted molar refractivity (Wildman–Crippen MR) is 106 cm³/mol. The third-order valence-electron chi connectivity index (χ3n) is 5.69. The van der Waals surface area contributed by atoms with Gasteiger partial charge in [-0.05, 0) is 44.6 Å². The van der Waals surface area contributed by atoms with Crippen LogP contribution in [0, 0.1) is 5.41 Å². The summed E-state index contributed by atoms with van der Waals surface area (Å²) in [5.74, 6) is 5.64. The van der Waals surface area contributed by atoms with Crippen molar-refractivity contribution in [3.63, 3.8) is 0 Å². The normalized spacial score (nSPS) is 31.0. The summed E-state index contributed by atoms with van der Waals surface area (Å²) in [6.45, 7) is 8.56. The van der Waals surface area contributed by atoms with Gasteiger partial charge in [-0.15, -0.1) is 0 Å². The Morgan fingerprint density at radius 1 is 1.48 bits per heavy atom. The molecule has 0 radical (unpaired) electrons. The molecule has 1 saturated heterocycles. The van der Waals surface area contributed by atoms with E-state index in [1.54, 1.807) is 4.90 Å². The molecule has 0 aromatic carbocycles. The molecule has 1 fully saturated rings. The fourth-order valence-corrected chi connectivity index (χ4v) is 3.94. The molecular weight excluding hydrogens is 345 g/mol. The summed E-state index contributed by atoms with van der Waals surface area (Å²) in [6, 6.07) is 0. The van der Waals surface area contributed by atoms with Gasteiger partial charge in [0.25, 0.3) is 0 Å². The molecule has 1 aliphatic heterocycles. The minimum atomic E-state index is -1.18. The Bertz CT molecular complexity index is 574. The smallest absolute Gasteiger partial charge is 0.226 e. The number of alkyl halides is 1. The van der Waals surface area contributed by atoms with Gasteiger partial charge in [-0.3, -0.25) is 10.6 Å². The highest BCUT2D eigenvalue weighted by Crippen LogP contribution is 2.35. The van der Waals surface area contributed by atoms with Crippen LogP contribution >= 0.6 is 0 Å². The average molecular weight is 382 g/mol. The van der Waals surface area contributed by atoms with Crippen molar-refractivity contribution in [2.24, 2.45) is 11.3 Å². The summed E-state index contributed by atoms with van der Waals surface area (Å²) in [4.78, 5) is 14.6. The molecule has 1 aliphatic carbocycles. The first-order chi connectivity index (χ1) is 12.8. The van der Waals surface area contributed by atoms with E-state index in [1.807, 2.05) is 27.7 Å². The molecule has 0 aromatic heterocycles. The number of amides is 1. The summed E-state index contributed by atoms with van der Waals surface area (Å²) in [5.41, 5.74) is 4.29. The van der Waals surface area contributed by atoms with Gasteiger partial charge in [-0.25, -0.2) is 4.39 Å². The van der Waals surface area contributed by atoms with Gasteiger partial charge >= 0.3 is 0 Å². The van der Waals surface area contributed by atoms with Crippen molar-refractivity contribution in [3.05, 3.63) is 23.4 Å². The van der Waals surface area contributed by atoms with Gasteiger partial charge in [0.2, 0.25) is 5.91 Å². The van der Waals surface area contributed by atoms with Crippen LogP contribution in [0.25, 0.3) is 0 Å². The summed E-state index contributed by atoms with van der Waals surface area (Å²) in [6.07, 6.45) is 7.30. The molecule has 6 heteroatoms. The van der Waals surface area contributed by atoms with Gasteiger partial charge in [0.1, 0.15) is 6.17 Å². The second-order valence-corrected chi connectivity index (χ2v) is 8.53. The molecule has 0 aromatic rings. The van der Waals surface area contributed by atoms with Crippen molar-refractivity contribution in [1.29, 1.82) is 0 Å². The van der Waals surface area contributed by atoms with Crippen molar-refractivity contribution in [2.75, 3.05) is 13.1 Å². The molecular formula is C21H36FN3O2. The zero-order valence-electron chi connectivity index (χ0n) is 17.3. The summed E-state index contributed by atoms with van der Waals surface area (Å²) in [7, 11) is 0. The van der Waals surface area contributed by atoms with Crippen LogP contribution in [0.2, 0.25) is 0 Å². The number of hydrogen-bond acceptors (Lipinski definition) is 4. The zero-order chi connectivity index (χ0) is 20.0. The number of ether oxygens (including phenoxy) is 1. The number of likely N-dealkylation sites (tertiary alicyclic amines) is 1. The van der Waals surface area contributed by atoms with E-state index in [1.165, 1.54) is 0 Å². The van der Waals surface area contributed by atoms with Crippen LogP contribution in [0.5, 0.6) is 0 Å². The number of nitrogens with zero attached hydrogens (tertiary/aromatic N) is 1. The molecule has 3 atom stereocenters. The lowest BCUT2D eigenvalue weighted by atomic mass is 9.79. The van der Waals surface area contributed by atoms with Crippen LogP contribution in [-0.4, -0.2) is 42.3 Å². The molecule has 2 rings (SSSR count). The molecule has 1 unspecified atom stereocenters. The third-order valence-corrected chi connectivity index (χ3v) is 5.69. The maximum Gasteiger partial charge on any atom is 0.226 e. The van der Waals surface area contributed by atoms with Crippen LogP contribution in [0.1, 0.15) is 66.2 Å². The number of carbonyl (C=O) groups excluding carboxylic acids is 1.